The fourth-order valence-electron chi connectivity index (χ4n) is 2.76. The third kappa shape index (κ3) is 6.49. The lowest BCUT2D eigenvalue weighted by molar-refractivity contribution is -0.384. The number of nitro groups is 1. The molecule has 10 nitrogen and oxygen atoms in total. The van der Waals surface area contributed by atoms with E-state index in [1.165, 1.54) is 36.0 Å². The number of allylic oxidation sites excluding steroid dienone is 1. The lowest BCUT2D eigenvalue weighted by Gasteiger charge is -2.09. The van der Waals surface area contributed by atoms with Crippen molar-refractivity contribution in [3.05, 3.63) is 87.2 Å². The molecule has 2 aromatic carbocycles. The van der Waals surface area contributed by atoms with E-state index in [0.717, 1.165) is 0 Å². The van der Waals surface area contributed by atoms with E-state index in [1.807, 2.05) is 6.07 Å². The minimum atomic E-state index is -0.507. The number of aromatic nitrogens is 3. The summed E-state index contributed by atoms with van der Waals surface area (Å²) in [5, 5.41) is 25.0. The summed E-state index contributed by atoms with van der Waals surface area (Å²) in [6, 6.07) is 12.7. The average molecular weight is 531 g/mol. The molecule has 12 heteroatoms. The highest BCUT2D eigenvalue weighted by Crippen LogP contribution is 2.20. The zero-order valence-electron chi connectivity index (χ0n) is 17.2. The molecule has 2 amide bonds. The smallest absolute Gasteiger partial charge is 0.269 e. The second-order valence-corrected chi connectivity index (χ2v) is 8.40. The second-order valence-electron chi connectivity index (χ2n) is 6.60. The molecule has 33 heavy (non-hydrogen) atoms. The van der Waals surface area contributed by atoms with Gasteiger partial charge in [0.2, 0.25) is 5.91 Å². The Balaban J connectivity index is 1.60. The van der Waals surface area contributed by atoms with Gasteiger partial charge < -0.3 is 15.2 Å². The number of carbonyl (C=O) groups excluding carboxylic acids is 2. The monoisotopic (exact) mass is 530 g/mol. The van der Waals surface area contributed by atoms with E-state index in [4.69, 9.17) is 0 Å². The lowest BCUT2D eigenvalue weighted by Crippen LogP contribution is -2.25. The first-order chi connectivity index (χ1) is 15.9. The van der Waals surface area contributed by atoms with Crippen LogP contribution in [0.4, 0.5) is 11.4 Å². The fraction of sp³-hybridized carbons (Fsp3) is 0.143. The maximum Gasteiger partial charge on any atom is 0.269 e. The molecule has 170 valence electrons. The van der Waals surface area contributed by atoms with Crippen molar-refractivity contribution in [2.45, 2.75) is 18.2 Å². The van der Waals surface area contributed by atoms with Gasteiger partial charge in [0.25, 0.3) is 11.6 Å². The molecule has 0 radical (unpaired) electrons. The highest BCUT2D eigenvalue weighted by Gasteiger charge is 2.16. The van der Waals surface area contributed by atoms with E-state index in [9.17, 15) is 19.7 Å². The van der Waals surface area contributed by atoms with Gasteiger partial charge >= 0.3 is 0 Å². The Labute approximate surface area is 201 Å². The molecule has 0 unspecified atom stereocenters. The molecule has 3 rings (SSSR count). The highest BCUT2D eigenvalue weighted by molar-refractivity contribution is 9.10. The Hall–Kier alpha value is -3.51. The summed E-state index contributed by atoms with van der Waals surface area (Å²) in [7, 11) is 0. The van der Waals surface area contributed by atoms with Crippen molar-refractivity contribution in [3.63, 3.8) is 0 Å². The van der Waals surface area contributed by atoms with Gasteiger partial charge in [0, 0.05) is 28.8 Å². The largest absolute Gasteiger partial charge is 0.345 e. The Morgan fingerprint density at radius 1 is 1.18 bits per heavy atom. The number of nitrogens with zero attached hydrogens (tertiary/aromatic N) is 4. The SMILES string of the molecule is C=CCn1c(CNC(=O)c2ccccc2Br)nnc1SCC(=O)Nc1ccc([N+](=O)[O-])cc1. The molecule has 0 aliphatic rings. The number of benzene rings is 2. The molecule has 0 saturated heterocycles. The van der Waals surface area contributed by atoms with Crippen LogP contribution in [0.5, 0.6) is 0 Å². The van der Waals surface area contributed by atoms with E-state index in [0.29, 0.717) is 33.2 Å². The number of nitro benzene ring substituents is 1. The summed E-state index contributed by atoms with van der Waals surface area (Å²) in [4.78, 5) is 34.9. The van der Waals surface area contributed by atoms with Gasteiger partial charge in [-0.3, -0.25) is 19.7 Å². The van der Waals surface area contributed by atoms with Crippen molar-refractivity contribution in [3.8, 4) is 0 Å². The summed E-state index contributed by atoms with van der Waals surface area (Å²) >= 11 is 4.53. The van der Waals surface area contributed by atoms with Crippen LogP contribution in [0.1, 0.15) is 16.2 Å². The van der Waals surface area contributed by atoms with Crippen molar-refractivity contribution in [1.29, 1.82) is 0 Å². The molecule has 2 N–H and O–H groups in total. The van der Waals surface area contributed by atoms with Crippen LogP contribution in [-0.2, 0) is 17.9 Å². The van der Waals surface area contributed by atoms with E-state index in [2.05, 4.69) is 43.3 Å². The van der Waals surface area contributed by atoms with Crippen LogP contribution in [0.3, 0.4) is 0 Å². The van der Waals surface area contributed by atoms with Crippen LogP contribution >= 0.6 is 27.7 Å². The van der Waals surface area contributed by atoms with Crippen LogP contribution in [0, 0.1) is 10.1 Å². The van der Waals surface area contributed by atoms with Gasteiger partial charge in [-0.05, 0) is 40.2 Å². The Bertz CT molecular complexity index is 1180. The zero-order valence-corrected chi connectivity index (χ0v) is 19.6. The molecule has 1 heterocycles. The quantitative estimate of drug-likeness (QED) is 0.176. The number of carbonyl (C=O) groups is 2. The second kappa shape index (κ2) is 11.4. The number of hydrogen-bond donors (Lipinski definition) is 2. The summed E-state index contributed by atoms with van der Waals surface area (Å²) in [6.07, 6.45) is 1.67. The lowest BCUT2D eigenvalue weighted by atomic mass is 10.2. The number of nitrogens with one attached hydrogen (secondary N) is 2. The molecule has 0 aliphatic carbocycles. The van der Waals surface area contributed by atoms with E-state index >= 15 is 0 Å². The molecular weight excluding hydrogens is 512 g/mol. The van der Waals surface area contributed by atoms with Crippen molar-refractivity contribution in [1.82, 2.24) is 20.1 Å². The number of hydrogen-bond acceptors (Lipinski definition) is 7. The van der Waals surface area contributed by atoms with Gasteiger partial charge in [0.15, 0.2) is 11.0 Å². The third-order valence-corrected chi connectivity index (χ3v) is 5.98. The van der Waals surface area contributed by atoms with Crippen molar-refractivity contribution in [2.24, 2.45) is 0 Å². The first kappa shape index (κ1) is 24.1. The van der Waals surface area contributed by atoms with E-state index < -0.39 is 4.92 Å². The number of rotatable bonds is 10. The van der Waals surface area contributed by atoms with Gasteiger partial charge in [0.1, 0.15) is 0 Å². The Morgan fingerprint density at radius 2 is 1.91 bits per heavy atom. The number of anilines is 1. The number of halogens is 1. The predicted octanol–water partition coefficient (Wildman–Crippen LogP) is 3.80. The van der Waals surface area contributed by atoms with Gasteiger partial charge in [-0.15, -0.1) is 16.8 Å². The first-order valence-electron chi connectivity index (χ1n) is 9.62. The molecule has 1 aromatic heterocycles. The maximum atomic E-state index is 12.4. The van der Waals surface area contributed by atoms with Crippen LogP contribution < -0.4 is 10.6 Å². The van der Waals surface area contributed by atoms with E-state index in [-0.39, 0.29) is 29.8 Å². The summed E-state index contributed by atoms with van der Waals surface area (Å²) in [5.41, 5.74) is 0.901. The molecular formula is C21H19BrN6O4S. The van der Waals surface area contributed by atoms with Crippen molar-refractivity contribution >= 4 is 50.9 Å². The summed E-state index contributed by atoms with van der Waals surface area (Å²) in [5.74, 6) is 0.0157. The highest BCUT2D eigenvalue weighted by atomic mass is 79.9. The fourth-order valence-corrected chi connectivity index (χ4v) is 3.99. The molecule has 0 bridgehead atoms. The van der Waals surface area contributed by atoms with Crippen LogP contribution in [0.2, 0.25) is 0 Å². The number of thioether (sulfide) groups is 1. The van der Waals surface area contributed by atoms with E-state index in [1.54, 1.807) is 28.8 Å². The van der Waals surface area contributed by atoms with Crippen LogP contribution in [0.15, 0.2) is 70.8 Å². The molecule has 0 fully saturated rings. The third-order valence-electron chi connectivity index (χ3n) is 4.32. The molecule has 0 spiro atoms. The molecule has 0 atom stereocenters. The number of non-ortho nitro benzene ring substituents is 1. The van der Waals surface area contributed by atoms with Gasteiger partial charge in [0.05, 0.1) is 22.8 Å². The van der Waals surface area contributed by atoms with Crippen molar-refractivity contribution in [2.75, 3.05) is 11.1 Å². The summed E-state index contributed by atoms with van der Waals surface area (Å²) < 4.78 is 2.45. The van der Waals surface area contributed by atoms with Gasteiger partial charge in [-0.1, -0.05) is 30.0 Å². The first-order valence-corrected chi connectivity index (χ1v) is 11.4. The topological polar surface area (TPSA) is 132 Å². The zero-order chi connectivity index (χ0) is 23.8. The standard InChI is InChI=1S/C21H19BrN6O4S/c1-2-11-27-18(12-23-20(30)16-5-3-4-6-17(16)22)25-26-21(27)33-13-19(29)24-14-7-9-15(10-8-14)28(31)32/h2-10H,1,11-13H2,(H,23,30)(H,24,29). The van der Waals surface area contributed by atoms with Crippen molar-refractivity contribution < 1.29 is 14.5 Å². The summed E-state index contributed by atoms with van der Waals surface area (Å²) in [6.45, 7) is 4.29. The predicted molar refractivity (Wildman–Crippen MR) is 128 cm³/mol. The normalized spacial score (nSPS) is 10.5. The Kier molecular flexibility index (Phi) is 8.33. The van der Waals surface area contributed by atoms with Crippen LogP contribution in [0.25, 0.3) is 0 Å². The van der Waals surface area contributed by atoms with Gasteiger partial charge in [-0.2, -0.15) is 0 Å². The molecule has 0 aliphatic heterocycles. The molecule has 3 aromatic rings. The maximum absolute atomic E-state index is 12.4. The minimum absolute atomic E-state index is 0.0512. The van der Waals surface area contributed by atoms with Crippen LogP contribution in [-0.4, -0.2) is 37.3 Å². The average Bonchev–Trinajstić information content (AvgIpc) is 3.18. The molecule has 0 saturated carbocycles. The Morgan fingerprint density at radius 3 is 2.58 bits per heavy atom. The minimum Gasteiger partial charge on any atom is -0.345 e. The number of amides is 2. The van der Waals surface area contributed by atoms with Gasteiger partial charge in [-0.25, -0.2) is 0 Å².